The zero-order chi connectivity index (χ0) is 26.7. The molecule has 2 amide bonds. The summed E-state index contributed by atoms with van der Waals surface area (Å²) in [4.78, 5) is 24.8. The first kappa shape index (κ1) is 28.9. The monoisotopic (exact) mass is 514 g/mol. The van der Waals surface area contributed by atoms with Gasteiger partial charge in [0.15, 0.2) is 11.5 Å². The van der Waals surface area contributed by atoms with Gasteiger partial charge in [-0.25, -0.2) is 4.79 Å². The number of amides is 2. The summed E-state index contributed by atoms with van der Waals surface area (Å²) in [5.41, 5.74) is 1.18. The number of halogens is 1. The molecule has 0 radical (unpaired) electrons. The number of ether oxygens (including phenoxy) is 3. The molecule has 2 aromatic rings. The van der Waals surface area contributed by atoms with Crippen molar-refractivity contribution in [1.29, 1.82) is 0 Å². The average molecular weight is 515 g/mol. The first-order valence-corrected chi connectivity index (χ1v) is 12.2. The number of rotatable bonds is 9. The van der Waals surface area contributed by atoms with Gasteiger partial charge in [0.2, 0.25) is 5.91 Å². The maximum absolute atomic E-state index is 12.7. The molecule has 194 valence electrons. The molecule has 0 aliphatic rings. The maximum atomic E-state index is 12.7. The lowest BCUT2D eigenvalue weighted by atomic mass is 10.0. The van der Waals surface area contributed by atoms with Crippen molar-refractivity contribution in [1.82, 2.24) is 10.6 Å². The highest BCUT2D eigenvalue weighted by Crippen LogP contribution is 2.28. The number of carbonyl (C=O) groups excluding carboxylic acids is 2. The molecular formula is C28H35ClN2O5. The van der Waals surface area contributed by atoms with Crippen LogP contribution in [0.15, 0.2) is 42.5 Å². The van der Waals surface area contributed by atoms with Crippen LogP contribution in [0.4, 0.5) is 4.79 Å². The summed E-state index contributed by atoms with van der Waals surface area (Å²) in [6, 6.07) is 12.2. The van der Waals surface area contributed by atoms with Crippen LogP contribution in [0.1, 0.15) is 45.7 Å². The smallest absolute Gasteiger partial charge is 0.408 e. The van der Waals surface area contributed by atoms with E-state index in [0.717, 1.165) is 11.1 Å². The summed E-state index contributed by atoms with van der Waals surface area (Å²) >= 11 is 5.88. The van der Waals surface area contributed by atoms with E-state index in [9.17, 15) is 9.59 Å². The molecule has 0 saturated heterocycles. The summed E-state index contributed by atoms with van der Waals surface area (Å²) in [6.45, 7) is 9.66. The molecule has 0 unspecified atom stereocenters. The lowest BCUT2D eigenvalue weighted by molar-refractivity contribution is -0.124. The van der Waals surface area contributed by atoms with Gasteiger partial charge in [0.1, 0.15) is 18.2 Å². The maximum Gasteiger partial charge on any atom is 0.408 e. The lowest BCUT2D eigenvalue weighted by Crippen LogP contribution is -2.51. The molecule has 36 heavy (non-hydrogen) atoms. The van der Waals surface area contributed by atoms with Crippen LogP contribution in [0.25, 0.3) is 0 Å². The molecule has 0 heterocycles. The summed E-state index contributed by atoms with van der Waals surface area (Å²) in [6.07, 6.45) is -0.0368. The molecule has 0 fully saturated rings. The van der Waals surface area contributed by atoms with Crippen LogP contribution < -0.4 is 20.1 Å². The second-order valence-electron chi connectivity index (χ2n) is 9.49. The Morgan fingerprint density at radius 3 is 2.36 bits per heavy atom. The molecule has 0 aliphatic carbocycles. The van der Waals surface area contributed by atoms with Gasteiger partial charge in [-0.05, 0) is 75.1 Å². The Morgan fingerprint density at radius 2 is 1.75 bits per heavy atom. The fourth-order valence-corrected chi connectivity index (χ4v) is 3.31. The SMILES string of the molecule is COc1cc(CCNC(=O)[C@H](NC(=O)OC(C)(C)C)C(C)C)ccc1OCC#Cc1ccc(Cl)cc1. The van der Waals surface area contributed by atoms with Crippen LogP contribution in [0, 0.1) is 17.8 Å². The molecule has 7 nitrogen and oxygen atoms in total. The molecule has 0 spiro atoms. The zero-order valence-corrected chi connectivity index (χ0v) is 22.5. The standard InChI is InChI=1S/C28H35ClN2O5/c1-19(2)25(31-27(33)36-28(3,4)5)26(32)30-16-15-21-11-14-23(24(18-21)34-6)35-17-7-8-20-9-12-22(29)13-10-20/h9-14,18-19,25H,15-17H2,1-6H3,(H,30,32)(H,31,33)/t25-/m1/s1. The molecule has 2 aromatic carbocycles. The predicted octanol–water partition coefficient (Wildman–Crippen LogP) is 4.99. The third-order valence-corrected chi connectivity index (χ3v) is 5.19. The van der Waals surface area contributed by atoms with Crippen LogP contribution in [0.5, 0.6) is 11.5 Å². The summed E-state index contributed by atoms with van der Waals surface area (Å²) in [5, 5.41) is 6.21. The minimum Gasteiger partial charge on any atom is -0.493 e. The fourth-order valence-electron chi connectivity index (χ4n) is 3.18. The second kappa shape index (κ2) is 13.6. The van der Waals surface area contributed by atoms with E-state index in [4.69, 9.17) is 25.8 Å². The first-order chi connectivity index (χ1) is 17.0. The Bertz CT molecular complexity index is 1080. The second-order valence-corrected chi connectivity index (χ2v) is 9.93. The minimum absolute atomic E-state index is 0.100. The van der Waals surface area contributed by atoms with Crippen molar-refractivity contribution in [2.75, 3.05) is 20.3 Å². The van der Waals surface area contributed by atoms with E-state index in [1.165, 1.54) is 0 Å². The number of carbonyl (C=O) groups is 2. The van der Waals surface area contributed by atoms with Crippen molar-refractivity contribution in [3.63, 3.8) is 0 Å². The summed E-state index contributed by atoms with van der Waals surface area (Å²) < 4.78 is 16.5. The van der Waals surface area contributed by atoms with Gasteiger partial charge in [-0.3, -0.25) is 4.79 Å². The van der Waals surface area contributed by atoms with Gasteiger partial charge in [-0.1, -0.05) is 43.4 Å². The molecular weight excluding hydrogens is 480 g/mol. The number of benzene rings is 2. The summed E-state index contributed by atoms with van der Waals surface area (Å²) in [7, 11) is 1.57. The van der Waals surface area contributed by atoms with E-state index < -0.39 is 17.7 Å². The minimum atomic E-state index is -0.695. The fraction of sp³-hybridized carbons (Fsp3) is 0.429. The molecule has 1 atom stereocenters. The number of alkyl carbamates (subject to hydrolysis) is 1. The van der Waals surface area contributed by atoms with Gasteiger partial charge in [0.05, 0.1) is 7.11 Å². The molecule has 0 saturated carbocycles. The Balaban J connectivity index is 1.88. The molecule has 0 bridgehead atoms. The van der Waals surface area contributed by atoms with E-state index in [1.54, 1.807) is 40.0 Å². The first-order valence-electron chi connectivity index (χ1n) is 11.8. The van der Waals surface area contributed by atoms with Gasteiger partial charge in [-0.2, -0.15) is 0 Å². The van der Waals surface area contributed by atoms with E-state index in [-0.39, 0.29) is 18.4 Å². The van der Waals surface area contributed by atoms with E-state index in [1.807, 2.05) is 44.2 Å². The largest absolute Gasteiger partial charge is 0.493 e. The van der Waals surface area contributed by atoms with Crippen LogP contribution in [0.3, 0.4) is 0 Å². The Kier molecular flexibility index (Phi) is 10.9. The van der Waals surface area contributed by atoms with Gasteiger partial charge < -0.3 is 24.8 Å². The van der Waals surface area contributed by atoms with Crippen LogP contribution in [0.2, 0.25) is 5.02 Å². The predicted molar refractivity (Wildman–Crippen MR) is 142 cm³/mol. The zero-order valence-electron chi connectivity index (χ0n) is 21.7. The van der Waals surface area contributed by atoms with Gasteiger partial charge in [-0.15, -0.1) is 0 Å². The number of nitrogens with one attached hydrogen (secondary N) is 2. The van der Waals surface area contributed by atoms with Gasteiger partial charge in [0, 0.05) is 17.1 Å². The van der Waals surface area contributed by atoms with E-state index >= 15 is 0 Å². The quantitative estimate of drug-likeness (QED) is 0.460. The number of methoxy groups -OCH3 is 1. The van der Waals surface area contributed by atoms with E-state index in [2.05, 4.69) is 22.5 Å². The topological polar surface area (TPSA) is 85.9 Å². The average Bonchev–Trinajstić information content (AvgIpc) is 2.80. The van der Waals surface area contributed by atoms with Crippen LogP contribution in [-0.4, -0.2) is 43.9 Å². The third kappa shape index (κ3) is 10.1. The molecule has 8 heteroatoms. The van der Waals surface area contributed by atoms with Crippen molar-refractivity contribution in [3.8, 4) is 23.3 Å². The lowest BCUT2D eigenvalue weighted by Gasteiger charge is -2.25. The van der Waals surface area contributed by atoms with Crippen molar-refractivity contribution in [3.05, 3.63) is 58.6 Å². The van der Waals surface area contributed by atoms with E-state index in [0.29, 0.717) is 29.5 Å². The van der Waals surface area contributed by atoms with Gasteiger partial charge in [0.25, 0.3) is 0 Å². The molecule has 0 aromatic heterocycles. The van der Waals surface area contributed by atoms with Gasteiger partial charge >= 0.3 is 6.09 Å². The summed E-state index contributed by atoms with van der Waals surface area (Å²) in [5.74, 6) is 6.79. The van der Waals surface area contributed by atoms with Crippen LogP contribution in [-0.2, 0) is 16.0 Å². The third-order valence-electron chi connectivity index (χ3n) is 4.94. The Hall–Kier alpha value is -3.37. The molecule has 2 rings (SSSR count). The normalized spacial score (nSPS) is 11.7. The highest BCUT2D eigenvalue weighted by atomic mass is 35.5. The van der Waals surface area contributed by atoms with Crippen molar-refractivity contribution in [2.45, 2.75) is 52.7 Å². The molecule has 2 N–H and O–H groups in total. The highest BCUT2D eigenvalue weighted by Gasteiger charge is 2.26. The molecule has 0 aliphatic heterocycles. The van der Waals surface area contributed by atoms with Crippen molar-refractivity contribution < 1.29 is 23.8 Å². The number of hydrogen-bond acceptors (Lipinski definition) is 5. The Labute approximate surface area is 218 Å². The number of hydrogen-bond donors (Lipinski definition) is 2. The van der Waals surface area contributed by atoms with Crippen LogP contribution >= 0.6 is 11.6 Å². The van der Waals surface area contributed by atoms with Crippen molar-refractivity contribution >= 4 is 23.6 Å². The van der Waals surface area contributed by atoms with Crippen molar-refractivity contribution in [2.24, 2.45) is 5.92 Å². The highest BCUT2D eigenvalue weighted by molar-refractivity contribution is 6.30. The Morgan fingerprint density at radius 1 is 1.06 bits per heavy atom.